The fourth-order valence-corrected chi connectivity index (χ4v) is 2.27. The molecular formula is C13H18O4. The Hall–Kier alpha value is -1.32. The summed E-state index contributed by atoms with van der Waals surface area (Å²) in [7, 11) is 0. The minimum absolute atomic E-state index is 0.0779. The minimum atomic E-state index is -0.952. The van der Waals surface area contributed by atoms with Crippen molar-refractivity contribution in [1.29, 1.82) is 0 Å². The predicted octanol–water partition coefficient (Wildman–Crippen LogP) is 2.14. The molecule has 17 heavy (non-hydrogen) atoms. The first-order chi connectivity index (χ1) is 8.13. The molecule has 0 radical (unpaired) electrons. The van der Waals surface area contributed by atoms with Crippen LogP contribution in [0.2, 0.25) is 0 Å². The van der Waals surface area contributed by atoms with Crippen LogP contribution in [-0.2, 0) is 14.3 Å². The maximum atomic E-state index is 11.4. The van der Waals surface area contributed by atoms with Gasteiger partial charge in [-0.2, -0.15) is 0 Å². The monoisotopic (exact) mass is 238 g/mol. The van der Waals surface area contributed by atoms with Gasteiger partial charge in [-0.1, -0.05) is 5.57 Å². The number of hydrogen-bond acceptors (Lipinski definition) is 3. The molecule has 0 spiro atoms. The van der Waals surface area contributed by atoms with Gasteiger partial charge in [0.2, 0.25) is 0 Å². The van der Waals surface area contributed by atoms with E-state index >= 15 is 0 Å². The zero-order chi connectivity index (χ0) is 12.4. The third-order valence-corrected chi connectivity index (χ3v) is 3.27. The highest BCUT2D eigenvalue weighted by Gasteiger charge is 2.40. The lowest BCUT2D eigenvalue weighted by Gasteiger charge is -2.10. The molecule has 2 aliphatic rings. The van der Waals surface area contributed by atoms with Gasteiger partial charge in [-0.15, -0.1) is 0 Å². The van der Waals surface area contributed by atoms with E-state index in [1.807, 2.05) is 0 Å². The number of rotatable bonds is 6. The number of esters is 1. The Balaban J connectivity index is 2.16. The molecule has 0 aromatic heterocycles. The molecule has 1 N–H and O–H groups in total. The molecule has 0 atom stereocenters. The van der Waals surface area contributed by atoms with Crippen molar-refractivity contribution in [3.05, 3.63) is 11.1 Å². The minimum Gasteiger partial charge on any atom is -0.478 e. The van der Waals surface area contributed by atoms with Crippen LogP contribution >= 0.6 is 0 Å². The number of carbonyl (C=O) groups excluding carboxylic acids is 1. The Kier molecular flexibility index (Phi) is 3.50. The molecule has 2 saturated carbocycles. The van der Waals surface area contributed by atoms with Crippen molar-refractivity contribution in [2.75, 3.05) is 6.61 Å². The molecule has 4 nitrogen and oxygen atoms in total. The number of carboxylic acid groups (broad SMARTS) is 1. The zero-order valence-corrected chi connectivity index (χ0v) is 10.1. The first kappa shape index (κ1) is 12.1. The first-order valence-corrected chi connectivity index (χ1v) is 6.25. The molecule has 0 saturated heterocycles. The van der Waals surface area contributed by atoms with Crippen molar-refractivity contribution < 1.29 is 19.4 Å². The van der Waals surface area contributed by atoms with Crippen LogP contribution in [0.3, 0.4) is 0 Å². The maximum absolute atomic E-state index is 11.4. The summed E-state index contributed by atoms with van der Waals surface area (Å²) in [5, 5.41) is 9.25. The van der Waals surface area contributed by atoms with Crippen LogP contribution in [0.4, 0.5) is 0 Å². The van der Waals surface area contributed by atoms with Crippen LogP contribution in [0.15, 0.2) is 11.1 Å². The fraction of sp³-hybridized carbons (Fsp3) is 0.692. The van der Waals surface area contributed by atoms with Crippen molar-refractivity contribution in [2.45, 2.75) is 39.0 Å². The third-order valence-electron chi connectivity index (χ3n) is 3.27. The van der Waals surface area contributed by atoms with Crippen LogP contribution in [0, 0.1) is 11.8 Å². The van der Waals surface area contributed by atoms with E-state index in [4.69, 9.17) is 4.74 Å². The van der Waals surface area contributed by atoms with E-state index in [1.165, 1.54) is 0 Å². The maximum Gasteiger partial charge on any atom is 0.332 e. The normalized spacial score (nSPS) is 18.6. The number of hydrogen-bond donors (Lipinski definition) is 1. The molecule has 2 fully saturated rings. The Labute approximate surface area is 101 Å². The standard InChI is InChI=1S/C13H18O4/c1-2-17-11(14)7-10(13(15)16)12(8-3-4-8)9-5-6-9/h8-9H,2-7H2,1H3,(H,15,16). The van der Waals surface area contributed by atoms with Gasteiger partial charge in [0.15, 0.2) is 0 Å². The van der Waals surface area contributed by atoms with E-state index in [0.29, 0.717) is 24.0 Å². The van der Waals surface area contributed by atoms with E-state index in [2.05, 4.69) is 0 Å². The average molecular weight is 238 g/mol. The molecule has 4 heteroatoms. The second-order valence-electron chi connectivity index (χ2n) is 4.77. The van der Waals surface area contributed by atoms with E-state index in [-0.39, 0.29) is 6.42 Å². The van der Waals surface area contributed by atoms with Gasteiger partial charge >= 0.3 is 11.9 Å². The van der Waals surface area contributed by atoms with Crippen LogP contribution < -0.4 is 0 Å². The van der Waals surface area contributed by atoms with E-state index in [0.717, 1.165) is 31.3 Å². The fourth-order valence-electron chi connectivity index (χ4n) is 2.27. The van der Waals surface area contributed by atoms with Gasteiger partial charge in [0.1, 0.15) is 0 Å². The summed E-state index contributed by atoms with van der Waals surface area (Å²) in [5.74, 6) is -0.540. The van der Waals surface area contributed by atoms with E-state index in [9.17, 15) is 14.7 Å². The van der Waals surface area contributed by atoms with E-state index in [1.54, 1.807) is 6.92 Å². The second-order valence-corrected chi connectivity index (χ2v) is 4.77. The van der Waals surface area contributed by atoms with Crippen LogP contribution in [0.25, 0.3) is 0 Å². The second kappa shape index (κ2) is 4.90. The summed E-state index contributed by atoms with van der Waals surface area (Å²) < 4.78 is 4.84. The number of carbonyl (C=O) groups is 2. The van der Waals surface area contributed by atoms with Crippen molar-refractivity contribution in [2.24, 2.45) is 11.8 Å². The highest BCUT2D eigenvalue weighted by molar-refractivity contribution is 5.93. The third kappa shape index (κ3) is 3.08. The van der Waals surface area contributed by atoms with Gasteiger partial charge in [0, 0.05) is 5.57 Å². The molecular weight excluding hydrogens is 220 g/mol. The molecule has 94 valence electrons. The van der Waals surface area contributed by atoms with Gasteiger partial charge in [0.05, 0.1) is 13.0 Å². The van der Waals surface area contributed by atoms with Crippen molar-refractivity contribution in [1.82, 2.24) is 0 Å². The van der Waals surface area contributed by atoms with Crippen molar-refractivity contribution in [3.8, 4) is 0 Å². The lowest BCUT2D eigenvalue weighted by Crippen LogP contribution is -2.14. The SMILES string of the molecule is CCOC(=O)CC(C(=O)O)=C(C1CC1)C1CC1. The number of allylic oxidation sites excluding steroid dienone is 1. The molecule has 0 bridgehead atoms. The topological polar surface area (TPSA) is 63.6 Å². The summed E-state index contributed by atoms with van der Waals surface area (Å²) in [6, 6.07) is 0. The lowest BCUT2D eigenvalue weighted by molar-refractivity contribution is -0.144. The highest BCUT2D eigenvalue weighted by Crippen LogP contribution is 2.50. The molecule has 0 heterocycles. The summed E-state index contributed by atoms with van der Waals surface area (Å²) in [5.41, 5.74) is 1.33. The Morgan fingerprint density at radius 3 is 2.06 bits per heavy atom. The van der Waals surface area contributed by atoms with Gasteiger partial charge in [-0.25, -0.2) is 4.79 Å². The van der Waals surface area contributed by atoms with Gasteiger partial charge in [0.25, 0.3) is 0 Å². The van der Waals surface area contributed by atoms with Crippen LogP contribution in [0.5, 0.6) is 0 Å². The van der Waals surface area contributed by atoms with Crippen molar-refractivity contribution in [3.63, 3.8) is 0 Å². The summed E-state index contributed by atoms with van der Waals surface area (Å²) in [4.78, 5) is 22.7. The number of aliphatic carboxylic acids is 1. The lowest BCUT2D eigenvalue weighted by atomic mass is 9.96. The Morgan fingerprint density at radius 1 is 1.18 bits per heavy atom. The smallest absolute Gasteiger partial charge is 0.332 e. The molecule has 2 rings (SSSR count). The molecule has 0 unspecified atom stereocenters. The zero-order valence-electron chi connectivity index (χ0n) is 10.1. The molecule has 0 aromatic carbocycles. The summed E-state index contributed by atoms with van der Waals surface area (Å²) in [6.07, 6.45) is 4.22. The molecule has 0 amide bonds. The summed E-state index contributed by atoms with van der Waals surface area (Å²) in [6.45, 7) is 2.03. The largest absolute Gasteiger partial charge is 0.478 e. The first-order valence-electron chi connectivity index (χ1n) is 6.25. The predicted molar refractivity (Wildman–Crippen MR) is 61.4 cm³/mol. The van der Waals surface area contributed by atoms with Gasteiger partial charge in [-0.3, -0.25) is 4.79 Å². The van der Waals surface area contributed by atoms with Gasteiger partial charge in [-0.05, 0) is 44.4 Å². The average Bonchev–Trinajstić information content (AvgIpc) is 3.12. The van der Waals surface area contributed by atoms with E-state index < -0.39 is 11.9 Å². The summed E-state index contributed by atoms with van der Waals surface area (Å²) >= 11 is 0. The Bertz CT molecular complexity index is 348. The number of carboxylic acids is 1. The van der Waals surface area contributed by atoms with Crippen molar-refractivity contribution >= 4 is 11.9 Å². The molecule has 2 aliphatic carbocycles. The highest BCUT2D eigenvalue weighted by atomic mass is 16.5. The molecule has 0 aromatic rings. The number of ether oxygens (including phenoxy) is 1. The van der Waals surface area contributed by atoms with Crippen LogP contribution in [-0.4, -0.2) is 23.7 Å². The Morgan fingerprint density at radius 2 is 1.71 bits per heavy atom. The quantitative estimate of drug-likeness (QED) is 0.568. The van der Waals surface area contributed by atoms with Gasteiger partial charge < -0.3 is 9.84 Å². The molecule has 0 aliphatic heterocycles. The van der Waals surface area contributed by atoms with Crippen LogP contribution in [0.1, 0.15) is 39.0 Å².